The maximum Gasteiger partial charge on any atom is 0.231 e. The number of hydrogen-bond donors (Lipinski definition) is 0. The van der Waals surface area contributed by atoms with E-state index in [9.17, 15) is 9.59 Å². The van der Waals surface area contributed by atoms with Crippen LogP contribution in [-0.2, 0) is 9.59 Å². The van der Waals surface area contributed by atoms with Crippen molar-refractivity contribution in [3.8, 4) is 23.0 Å². The molecular weight excluding hydrogens is 420 g/mol. The van der Waals surface area contributed by atoms with Gasteiger partial charge >= 0.3 is 0 Å². The normalized spacial score (nSPS) is 14.3. The highest BCUT2D eigenvalue weighted by atomic mass is 16.7. The van der Waals surface area contributed by atoms with E-state index in [1.165, 1.54) is 12.2 Å². The molecule has 2 aromatic carbocycles. The minimum atomic E-state index is -0.00943. The number of ketones is 2. The van der Waals surface area contributed by atoms with E-state index >= 15 is 0 Å². The number of benzene rings is 2. The Bertz CT molecular complexity index is 1050. The van der Waals surface area contributed by atoms with Crippen molar-refractivity contribution in [2.24, 2.45) is 0 Å². The Morgan fingerprint density at radius 2 is 1.09 bits per heavy atom. The van der Waals surface area contributed by atoms with Gasteiger partial charge in [-0.1, -0.05) is 48.6 Å². The Balaban J connectivity index is 1.13. The maximum atomic E-state index is 12.0. The first kappa shape index (κ1) is 22.1. The van der Waals surface area contributed by atoms with Crippen LogP contribution in [0, 0.1) is 0 Å². The van der Waals surface area contributed by atoms with Crippen molar-refractivity contribution in [3.63, 3.8) is 0 Å². The van der Waals surface area contributed by atoms with E-state index in [1.807, 2.05) is 48.6 Å². The lowest BCUT2D eigenvalue weighted by Crippen LogP contribution is -1.97. The summed E-state index contributed by atoms with van der Waals surface area (Å²) in [6, 6.07) is 11.3. The van der Waals surface area contributed by atoms with Gasteiger partial charge in [-0.25, -0.2) is 0 Å². The fourth-order valence-corrected chi connectivity index (χ4v) is 3.30. The highest BCUT2D eigenvalue weighted by Crippen LogP contribution is 2.33. The third kappa shape index (κ3) is 6.46. The molecule has 4 rings (SSSR count). The molecule has 6 nitrogen and oxygen atoms in total. The van der Waals surface area contributed by atoms with Gasteiger partial charge in [-0.15, -0.1) is 0 Å². The van der Waals surface area contributed by atoms with Crippen LogP contribution in [0.4, 0.5) is 0 Å². The molecule has 6 heteroatoms. The van der Waals surface area contributed by atoms with Gasteiger partial charge in [-0.05, 0) is 54.0 Å². The minimum absolute atomic E-state index is 0.00943. The molecule has 2 aliphatic heterocycles. The molecule has 0 unspecified atom stereocenters. The Hall–Kier alpha value is -4.06. The summed E-state index contributed by atoms with van der Waals surface area (Å²) in [5, 5.41) is 0. The number of fused-ring (bicyclic) bond motifs is 2. The van der Waals surface area contributed by atoms with Crippen LogP contribution in [0.2, 0.25) is 0 Å². The van der Waals surface area contributed by atoms with Crippen molar-refractivity contribution in [3.05, 3.63) is 84.0 Å². The summed E-state index contributed by atoms with van der Waals surface area (Å²) >= 11 is 0. The SMILES string of the molecule is O=C(C=CC=Cc1ccc2c(c1)OCO2)CCCC(=O)C=CC=Cc1ccc2c(c1)OCO2. The molecule has 0 saturated heterocycles. The zero-order chi connectivity index (χ0) is 22.9. The third-order valence-corrected chi connectivity index (χ3v) is 5.00. The zero-order valence-electron chi connectivity index (χ0n) is 18.1. The summed E-state index contributed by atoms with van der Waals surface area (Å²) in [6.07, 6.45) is 15.0. The van der Waals surface area contributed by atoms with Gasteiger partial charge in [0.05, 0.1) is 0 Å². The highest BCUT2D eigenvalue weighted by Gasteiger charge is 2.12. The van der Waals surface area contributed by atoms with Crippen molar-refractivity contribution in [1.29, 1.82) is 0 Å². The number of hydrogen-bond acceptors (Lipinski definition) is 6. The summed E-state index contributed by atoms with van der Waals surface area (Å²) in [5.74, 6) is 2.90. The molecule has 2 aromatic rings. The van der Waals surface area contributed by atoms with Crippen LogP contribution in [0.15, 0.2) is 72.9 Å². The van der Waals surface area contributed by atoms with Crippen LogP contribution in [0.5, 0.6) is 23.0 Å². The quantitative estimate of drug-likeness (QED) is 0.366. The zero-order valence-corrected chi connectivity index (χ0v) is 18.1. The molecule has 0 spiro atoms. The average molecular weight is 444 g/mol. The second-order valence-corrected chi connectivity index (χ2v) is 7.45. The summed E-state index contributed by atoms with van der Waals surface area (Å²) < 4.78 is 21.2. The highest BCUT2D eigenvalue weighted by molar-refractivity contribution is 5.92. The molecule has 168 valence electrons. The Morgan fingerprint density at radius 1 is 0.636 bits per heavy atom. The first-order valence-corrected chi connectivity index (χ1v) is 10.7. The summed E-state index contributed by atoms with van der Waals surface area (Å²) in [5.41, 5.74) is 1.92. The number of ether oxygens (including phenoxy) is 4. The average Bonchev–Trinajstić information content (AvgIpc) is 3.48. The van der Waals surface area contributed by atoms with Crippen molar-refractivity contribution in [1.82, 2.24) is 0 Å². The molecule has 0 aromatic heterocycles. The molecule has 0 bridgehead atoms. The van der Waals surface area contributed by atoms with E-state index in [-0.39, 0.29) is 25.2 Å². The Labute approximate surface area is 192 Å². The summed E-state index contributed by atoms with van der Waals surface area (Å²) in [4.78, 5) is 23.9. The van der Waals surface area contributed by atoms with E-state index in [0.717, 1.165) is 34.1 Å². The smallest absolute Gasteiger partial charge is 0.231 e. The van der Waals surface area contributed by atoms with E-state index < -0.39 is 0 Å². The van der Waals surface area contributed by atoms with Gasteiger partial charge in [0.15, 0.2) is 34.6 Å². The van der Waals surface area contributed by atoms with E-state index in [0.29, 0.717) is 19.3 Å². The number of allylic oxidation sites excluding steroid dienone is 6. The molecule has 2 aliphatic rings. The maximum absolute atomic E-state index is 12.0. The van der Waals surface area contributed by atoms with Gasteiger partial charge in [0, 0.05) is 12.8 Å². The number of carbonyl (C=O) groups is 2. The van der Waals surface area contributed by atoms with Gasteiger partial charge < -0.3 is 18.9 Å². The summed E-state index contributed by atoms with van der Waals surface area (Å²) in [6.45, 7) is 0.486. The lowest BCUT2D eigenvalue weighted by molar-refractivity contribution is -0.115. The molecule has 33 heavy (non-hydrogen) atoms. The van der Waals surface area contributed by atoms with Crippen LogP contribution < -0.4 is 18.9 Å². The minimum Gasteiger partial charge on any atom is -0.454 e. The van der Waals surface area contributed by atoms with Crippen LogP contribution in [0.3, 0.4) is 0 Å². The van der Waals surface area contributed by atoms with Gasteiger partial charge in [0.25, 0.3) is 0 Å². The predicted molar refractivity (Wildman–Crippen MR) is 125 cm³/mol. The van der Waals surface area contributed by atoms with E-state index in [1.54, 1.807) is 24.3 Å². The Kier molecular flexibility index (Phi) is 7.38. The monoisotopic (exact) mass is 444 g/mol. The fourth-order valence-electron chi connectivity index (χ4n) is 3.30. The Morgan fingerprint density at radius 3 is 1.58 bits per heavy atom. The van der Waals surface area contributed by atoms with Crippen molar-refractivity contribution in [2.45, 2.75) is 19.3 Å². The predicted octanol–water partition coefficient (Wildman–Crippen LogP) is 5.29. The topological polar surface area (TPSA) is 71.1 Å². The van der Waals surface area contributed by atoms with Crippen LogP contribution in [0.1, 0.15) is 30.4 Å². The van der Waals surface area contributed by atoms with Crippen molar-refractivity contribution >= 4 is 23.7 Å². The largest absolute Gasteiger partial charge is 0.454 e. The van der Waals surface area contributed by atoms with Crippen LogP contribution >= 0.6 is 0 Å². The number of rotatable bonds is 10. The molecule has 0 N–H and O–H groups in total. The first-order chi connectivity index (χ1) is 16.2. The standard InChI is InChI=1S/C27H24O6/c28-22(8-3-1-6-20-12-14-24-26(16-20)32-18-30-24)10-5-11-23(29)9-4-2-7-21-13-15-25-27(17-21)33-19-31-25/h1-4,6-9,12-17H,5,10-11,18-19H2. The lowest BCUT2D eigenvalue weighted by atomic mass is 10.1. The van der Waals surface area contributed by atoms with E-state index in [2.05, 4.69) is 0 Å². The van der Waals surface area contributed by atoms with Gasteiger partial charge in [-0.2, -0.15) is 0 Å². The molecule has 2 heterocycles. The van der Waals surface area contributed by atoms with Crippen LogP contribution in [0.25, 0.3) is 12.2 Å². The molecule has 0 fully saturated rings. The van der Waals surface area contributed by atoms with Gasteiger partial charge in [0.2, 0.25) is 13.6 Å². The van der Waals surface area contributed by atoms with Gasteiger partial charge in [0.1, 0.15) is 0 Å². The molecule has 0 saturated carbocycles. The molecule has 0 amide bonds. The third-order valence-electron chi connectivity index (χ3n) is 5.00. The molecular formula is C27H24O6. The fraction of sp³-hybridized carbons (Fsp3) is 0.185. The van der Waals surface area contributed by atoms with E-state index in [4.69, 9.17) is 18.9 Å². The second-order valence-electron chi connectivity index (χ2n) is 7.45. The first-order valence-electron chi connectivity index (χ1n) is 10.7. The number of carbonyl (C=O) groups excluding carboxylic acids is 2. The lowest BCUT2D eigenvalue weighted by Gasteiger charge is -1.97. The second kappa shape index (κ2) is 11.0. The van der Waals surface area contributed by atoms with Gasteiger partial charge in [-0.3, -0.25) is 9.59 Å². The van der Waals surface area contributed by atoms with Crippen molar-refractivity contribution < 1.29 is 28.5 Å². The molecule has 0 aliphatic carbocycles. The van der Waals surface area contributed by atoms with Crippen molar-refractivity contribution in [2.75, 3.05) is 13.6 Å². The van der Waals surface area contributed by atoms with Crippen LogP contribution in [-0.4, -0.2) is 25.2 Å². The summed E-state index contributed by atoms with van der Waals surface area (Å²) in [7, 11) is 0. The molecule has 0 atom stereocenters. The molecule has 0 radical (unpaired) electrons.